The van der Waals surface area contributed by atoms with E-state index in [1.54, 1.807) is 11.3 Å². The first-order chi connectivity index (χ1) is 8.65. The summed E-state index contributed by atoms with van der Waals surface area (Å²) in [6.07, 6.45) is 4.96. The largest absolute Gasteiger partial charge is 0.273 e. The lowest BCUT2D eigenvalue weighted by molar-refractivity contribution is -0.120. The van der Waals surface area contributed by atoms with E-state index < -0.39 is 0 Å². The summed E-state index contributed by atoms with van der Waals surface area (Å²) in [6, 6.07) is 0. The van der Waals surface area contributed by atoms with Gasteiger partial charge in [-0.15, -0.1) is 11.3 Å². The van der Waals surface area contributed by atoms with Crippen LogP contribution in [0, 0.1) is 12.8 Å². The molecule has 98 valence electrons. The van der Waals surface area contributed by atoms with Gasteiger partial charge in [0.05, 0.1) is 17.1 Å². The third-order valence-corrected chi connectivity index (χ3v) is 4.04. The van der Waals surface area contributed by atoms with Gasteiger partial charge >= 0.3 is 0 Å². The van der Waals surface area contributed by atoms with Crippen molar-refractivity contribution in [3.8, 4) is 0 Å². The minimum Gasteiger partial charge on any atom is -0.273 e. The standard InChI is InChI=1S/C13H19N3OS/c1-9-5-3-4-6-12(9)15-16-13(17)7-11-8-18-10(2)14-11/h8-9H,3-7H2,1-2H3,(H,16,17)/t9-/m0/s1. The van der Waals surface area contributed by atoms with Crippen LogP contribution in [0.4, 0.5) is 0 Å². The van der Waals surface area contributed by atoms with E-state index in [0.717, 1.165) is 22.8 Å². The van der Waals surface area contributed by atoms with Crippen LogP contribution in [-0.2, 0) is 11.2 Å². The molecule has 0 aromatic carbocycles. The Hall–Kier alpha value is -1.23. The third-order valence-electron chi connectivity index (χ3n) is 3.22. The maximum atomic E-state index is 11.7. The highest BCUT2D eigenvalue weighted by molar-refractivity contribution is 7.09. The number of thiazole rings is 1. The molecule has 4 nitrogen and oxygen atoms in total. The van der Waals surface area contributed by atoms with Crippen LogP contribution in [0.3, 0.4) is 0 Å². The van der Waals surface area contributed by atoms with Crippen molar-refractivity contribution in [2.45, 2.75) is 46.0 Å². The Morgan fingerprint density at radius 3 is 3.11 bits per heavy atom. The van der Waals surface area contributed by atoms with Crippen LogP contribution in [0.25, 0.3) is 0 Å². The second kappa shape index (κ2) is 6.09. The summed E-state index contributed by atoms with van der Waals surface area (Å²) in [5.41, 5.74) is 4.61. The summed E-state index contributed by atoms with van der Waals surface area (Å²) < 4.78 is 0. The van der Waals surface area contributed by atoms with Crippen molar-refractivity contribution in [2.24, 2.45) is 11.0 Å². The highest BCUT2D eigenvalue weighted by atomic mass is 32.1. The van der Waals surface area contributed by atoms with E-state index in [9.17, 15) is 4.79 Å². The SMILES string of the molecule is Cc1nc(CC(=O)NN=C2CCCC[C@@H]2C)cs1. The van der Waals surface area contributed by atoms with Gasteiger partial charge < -0.3 is 0 Å². The molecule has 1 atom stereocenters. The number of carbonyl (C=O) groups is 1. The Balaban J connectivity index is 1.85. The van der Waals surface area contributed by atoms with E-state index in [-0.39, 0.29) is 5.91 Å². The monoisotopic (exact) mass is 265 g/mol. The number of nitrogens with one attached hydrogen (secondary N) is 1. The molecular weight excluding hydrogens is 246 g/mol. The molecular formula is C13H19N3OS. The van der Waals surface area contributed by atoms with Crippen molar-refractivity contribution >= 4 is 23.0 Å². The first kappa shape index (κ1) is 13.2. The fraction of sp³-hybridized carbons (Fsp3) is 0.615. The van der Waals surface area contributed by atoms with E-state index in [1.807, 2.05) is 12.3 Å². The van der Waals surface area contributed by atoms with Gasteiger partial charge in [-0.1, -0.05) is 13.3 Å². The molecule has 1 aliphatic carbocycles. The number of amides is 1. The molecule has 1 saturated carbocycles. The molecule has 1 heterocycles. The number of rotatable bonds is 3. The number of hydrazone groups is 1. The fourth-order valence-electron chi connectivity index (χ4n) is 2.16. The highest BCUT2D eigenvalue weighted by Crippen LogP contribution is 2.20. The van der Waals surface area contributed by atoms with E-state index in [0.29, 0.717) is 12.3 Å². The van der Waals surface area contributed by atoms with Gasteiger partial charge in [0.1, 0.15) is 0 Å². The summed E-state index contributed by atoms with van der Waals surface area (Å²) in [5.74, 6) is 0.422. The molecule has 1 aromatic rings. The molecule has 0 aliphatic heterocycles. The number of nitrogens with zero attached hydrogens (tertiary/aromatic N) is 2. The smallest absolute Gasteiger partial charge is 0.246 e. The van der Waals surface area contributed by atoms with Gasteiger partial charge in [0.15, 0.2) is 0 Å². The van der Waals surface area contributed by atoms with Crippen molar-refractivity contribution in [3.05, 3.63) is 16.1 Å². The van der Waals surface area contributed by atoms with Gasteiger partial charge in [0.2, 0.25) is 5.91 Å². The maximum Gasteiger partial charge on any atom is 0.246 e. The minimum absolute atomic E-state index is 0.0782. The zero-order valence-electron chi connectivity index (χ0n) is 10.9. The van der Waals surface area contributed by atoms with Crippen molar-refractivity contribution in [2.75, 3.05) is 0 Å². The molecule has 1 fully saturated rings. The van der Waals surface area contributed by atoms with Gasteiger partial charge in [-0.25, -0.2) is 10.4 Å². The zero-order valence-corrected chi connectivity index (χ0v) is 11.7. The second-order valence-electron chi connectivity index (χ2n) is 4.82. The van der Waals surface area contributed by atoms with Crippen LogP contribution in [-0.4, -0.2) is 16.6 Å². The van der Waals surface area contributed by atoms with Gasteiger partial charge in [-0.05, 0) is 32.1 Å². The predicted molar refractivity (Wildman–Crippen MR) is 73.8 cm³/mol. The van der Waals surface area contributed by atoms with E-state index in [2.05, 4.69) is 22.4 Å². The van der Waals surface area contributed by atoms with Crippen molar-refractivity contribution in [1.29, 1.82) is 0 Å². The molecule has 1 aliphatic rings. The van der Waals surface area contributed by atoms with Crippen LogP contribution < -0.4 is 5.43 Å². The molecule has 1 N–H and O–H groups in total. The van der Waals surface area contributed by atoms with Gasteiger partial charge in [-0.3, -0.25) is 4.79 Å². The first-order valence-corrected chi connectivity index (χ1v) is 7.29. The van der Waals surface area contributed by atoms with E-state index in [4.69, 9.17) is 0 Å². The number of hydrogen-bond acceptors (Lipinski definition) is 4. The maximum absolute atomic E-state index is 11.7. The van der Waals surface area contributed by atoms with E-state index >= 15 is 0 Å². The third kappa shape index (κ3) is 3.63. The number of hydrogen-bond donors (Lipinski definition) is 1. The van der Waals surface area contributed by atoms with E-state index in [1.165, 1.54) is 19.3 Å². The Kier molecular flexibility index (Phi) is 4.47. The molecule has 0 spiro atoms. The predicted octanol–water partition coefficient (Wildman–Crippen LogP) is 2.68. The normalized spacial score (nSPS) is 22.1. The zero-order chi connectivity index (χ0) is 13.0. The summed E-state index contributed by atoms with van der Waals surface area (Å²) in [7, 11) is 0. The first-order valence-electron chi connectivity index (χ1n) is 6.41. The fourth-order valence-corrected chi connectivity index (χ4v) is 2.78. The Labute approximate surface area is 112 Å². The molecule has 1 amide bonds. The average Bonchev–Trinajstić information content (AvgIpc) is 2.74. The van der Waals surface area contributed by atoms with Gasteiger partial charge in [-0.2, -0.15) is 5.10 Å². The second-order valence-corrected chi connectivity index (χ2v) is 5.88. The van der Waals surface area contributed by atoms with Crippen LogP contribution in [0.2, 0.25) is 0 Å². The Morgan fingerprint density at radius 2 is 2.44 bits per heavy atom. The van der Waals surface area contributed by atoms with Crippen molar-refractivity contribution in [3.63, 3.8) is 0 Å². The van der Waals surface area contributed by atoms with Gasteiger partial charge in [0.25, 0.3) is 0 Å². The van der Waals surface area contributed by atoms with Crippen LogP contribution in [0.5, 0.6) is 0 Å². The summed E-state index contributed by atoms with van der Waals surface area (Å²) in [6.45, 7) is 4.12. The summed E-state index contributed by atoms with van der Waals surface area (Å²) in [4.78, 5) is 16.0. The van der Waals surface area contributed by atoms with Crippen molar-refractivity contribution < 1.29 is 4.79 Å². The quantitative estimate of drug-likeness (QED) is 0.854. The number of aromatic nitrogens is 1. The molecule has 0 saturated heterocycles. The lowest BCUT2D eigenvalue weighted by Gasteiger charge is -2.19. The van der Waals surface area contributed by atoms with Crippen LogP contribution in [0.1, 0.15) is 43.3 Å². The lowest BCUT2D eigenvalue weighted by atomic mass is 9.89. The molecule has 2 rings (SSSR count). The molecule has 1 aromatic heterocycles. The Bertz CT molecular complexity index is 453. The molecule has 5 heteroatoms. The van der Waals surface area contributed by atoms with Crippen LogP contribution >= 0.6 is 11.3 Å². The lowest BCUT2D eigenvalue weighted by Crippen LogP contribution is -2.25. The summed E-state index contributed by atoms with van der Waals surface area (Å²) >= 11 is 1.57. The molecule has 18 heavy (non-hydrogen) atoms. The highest BCUT2D eigenvalue weighted by Gasteiger charge is 2.16. The molecule has 0 radical (unpaired) electrons. The molecule has 0 unspecified atom stereocenters. The summed E-state index contributed by atoms with van der Waals surface area (Å²) in [5, 5.41) is 7.17. The Morgan fingerprint density at radius 1 is 1.61 bits per heavy atom. The number of aryl methyl sites for hydroxylation is 1. The van der Waals surface area contributed by atoms with Crippen molar-refractivity contribution in [1.82, 2.24) is 10.4 Å². The van der Waals surface area contributed by atoms with Crippen LogP contribution in [0.15, 0.2) is 10.5 Å². The topological polar surface area (TPSA) is 54.4 Å². The average molecular weight is 265 g/mol. The minimum atomic E-state index is -0.0782. The number of carbonyl (C=O) groups excluding carboxylic acids is 1. The molecule has 0 bridgehead atoms. The van der Waals surface area contributed by atoms with Gasteiger partial charge in [0, 0.05) is 11.1 Å².